The Morgan fingerprint density at radius 2 is 2.15 bits per heavy atom. The van der Waals surface area contributed by atoms with E-state index in [0.29, 0.717) is 30.5 Å². The molecular formula is C19H26FN5O. The van der Waals surface area contributed by atoms with Crippen LogP contribution in [-0.2, 0) is 0 Å². The number of nitrogens with one attached hydrogen (secondary N) is 1. The van der Waals surface area contributed by atoms with Crippen molar-refractivity contribution in [2.24, 2.45) is 5.92 Å². The second-order valence-electron chi connectivity index (χ2n) is 7.13. The Balaban J connectivity index is 1.90. The summed E-state index contributed by atoms with van der Waals surface area (Å²) in [6.07, 6.45) is 2.09. The van der Waals surface area contributed by atoms with E-state index in [0.717, 1.165) is 19.4 Å². The average molecular weight is 359 g/mol. The van der Waals surface area contributed by atoms with Crippen molar-refractivity contribution < 1.29 is 9.18 Å². The van der Waals surface area contributed by atoms with Gasteiger partial charge in [-0.1, -0.05) is 26.0 Å². The molecule has 26 heavy (non-hydrogen) atoms. The molecule has 1 aliphatic heterocycles. The topological polar surface area (TPSA) is 63.1 Å². The molecule has 1 aromatic heterocycles. The third-order valence-corrected chi connectivity index (χ3v) is 4.72. The van der Waals surface area contributed by atoms with Crippen molar-refractivity contribution in [2.45, 2.75) is 32.6 Å². The number of hydrogen-bond acceptors (Lipinski definition) is 4. The molecule has 2 heterocycles. The lowest BCUT2D eigenvalue weighted by molar-refractivity contribution is 0.0662. The van der Waals surface area contributed by atoms with Gasteiger partial charge in [0.05, 0.1) is 0 Å². The summed E-state index contributed by atoms with van der Waals surface area (Å²) in [6, 6.07) is 6.41. The molecule has 3 rings (SSSR count). The summed E-state index contributed by atoms with van der Waals surface area (Å²) in [5.41, 5.74) is 0.314. The van der Waals surface area contributed by atoms with E-state index < -0.39 is 0 Å². The highest BCUT2D eigenvalue weighted by atomic mass is 19.1. The molecule has 0 spiro atoms. The highest BCUT2D eigenvalue weighted by molar-refractivity contribution is 5.90. The number of piperidine rings is 1. The first-order valence-electron chi connectivity index (χ1n) is 9.17. The van der Waals surface area contributed by atoms with Crippen LogP contribution in [0, 0.1) is 11.7 Å². The van der Waals surface area contributed by atoms with E-state index in [-0.39, 0.29) is 23.5 Å². The molecule has 1 amide bonds. The number of carbonyl (C=O) groups is 1. The van der Waals surface area contributed by atoms with Gasteiger partial charge in [-0.2, -0.15) is 0 Å². The van der Waals surface area contributed by atoms with Gasteiger partial charge in [0.25, 0.3) is 5.91 Å². The van der Waals surface area contributed by atoms with Crippen molar-refractivity contribution in [3.63, 3.8) is 0 Å². The van der Waals surface area contributed by atoms with Gasteiger partial charge < -0.3 is 10.2 Å². The number of aromatic nitrogens is 3. The van der Waals surface area contributed by atoms with Gasteiger partial charge in [0.1, 0.15) is 17.3 Å². The SMILES string of the molecule is CNCC1CCCN(C(=O)c2nc(C(C)C)n(-c3ccccc3F)n2)C1. The molecule has 0 bridgehead atoms. The summed E-state index contributed by atoms with van der Waals surface area (Å²) in [5, 5.41) is 7.54. The largest absolute Gasteiger partial charge is 0.336 e. The van der Waals surface area contributed by atoms with Crippen molar-refractivity contribution in [1.82, 2.24) is 25.0 Å². The minimum absolute atomic E-state index is 0.0158. The minimum atomic E-state index is -0.384. The fourth-order valence-corrected chi connectivity index (χ4v) is 3.44. The van der Waals surface area contributed by atoms with Crippen LogP contribution in [-0.4, -0.2) is 52.3 Å². The second kappa shape index (κ2) is 7.95. The molecule has 1 fully saturated rings. The van der Waals surface area contributed by atoms with Gasteiger partial charge in [-0.3, -0.25) is 4.79 Å². The zero-order chi connectivity index (χ0) is 18.7. The van der Waals surface area contributed by atoms with E-state index in [2.05, 4.69) is 15.4 Å². The van der Waals surface area contributed by atoms with Crippen molar-refractivity contribution in [3.8, 4) is 5.69 Å². The maximum Gasteiger partial charge on any atom is 0.293 e. The lowest BCUT2D eigenvalue weighted by Gasteiger charge is -2.31. The molecule has 0 radical (unpaired) electrons. The third kappa shape index (κ3) is 3.77. The van der Waals surface area contributed by atoms with Crippen LogP contribution in [0.3, 0.4) is 0 Å². The summed E-state index contributed by atoms with van der Waals surface area (Å²) in [6.45, 7) is 6.21. The first kappa shape index (κ1) is 18.5. The quantitative estimate of drug-likeness (QED) is 0.891. The van der Waals surface area contributed by atoms with E-state index in [9.17, 15) is 9.18 Å². The Hall–Kier alpha value is -2.28. The summed E-state index contributed by atoms with van der Waals surface area (Å²) in [4.78, 5) is 19.2. The third-order valence-electron chi connectivity index (χ3n) is 4.72. The lowest BCUT2D eigenvalue weighted by Crippen LogP contribution is -2.42. The fraction of sp³-hybridized carbons (Fsp3) is 0.526. The van der Waals surface area contributed by atoms with Crippen molar-refractivity contribution >= 4 is 5.91 Å². The normalized spacial score (nSPS) is 17.7. The fourth-order valence-electron chi connectivity index (χ4n) is 3.44. The number of likely N-dealkylation sites (tertiary alicyclic amines) is 1. The number of benzene rings is 1. The van der Waals surface area contributed by atoms with Crippen LogP contribution >= 0.6 is 0 Å². The van der Waals surface area contributed by atoms with Gasteiger partial charge in [0, 0.05) is 19.0 Å². The first-order valence-corrected chi connectivity index (χ1v) is 9.17. The highest BCUT2D eigenvalue weighted by Gasteiger charge is 2.28. The van der Waals surface area contributed by atoms with Gasteiger partial charge in [-0.05, 0) is 44.5 Å². The number of hydrogen-bond donors (Lipinski definition) is 1. The summed E-state index contributed by atoms with van der Waals surface area (Å²) in [7, 11) is 1.92. The molecule has 1 atom stereocenters. The monoisotopic (exact) mass is 359 g/mol. The zero-order valence-electron chi connectivity index (χ0n) is 15.6. The van der Waals surface area contributed by atoms with E-state index >= 15 is 0 Å². The molecule has 1 unspecified atom stereocenters. The summed E-state index contributed by atoms with van der Waals surface area (Å²) in [5.74, 6) is 0.621. The maximum absolute atomic E-state index is 14.2. The van der Waals surface area contributed by atoms with Crippen LogP contribution in [0.25, 0.3) is 5.69 Å². The summed E-state index contributed by atoms with van der Waals surface area (Å²) >= 11 is 0. The number of para-hydroxylation sites is 1. The van der Waals surface area contributed by atoms with Crippen LogP contribution in [0.4, 0.5) is 4.39 Å². The van der Waals surface area contributed by atoms with Gasteiger partial charge >= 0.3 is 0 Å². The van der Waals surface area contributed by atoms with Gasteiger partial charge in [-0.25, -0.2) is 14.1 Å². The predicted octanol–water partition coefficient (Wildman–Crippen LogP) is 2.60. The lowest BCUT2D eigenvalue weighted by atomic mass is 9.98. The van der Waals surface area contributed by atoms with Crippen LogP contribution in [0.1, 0.15) is 49.1 Å². The molecule has 1 N–H and O–H groups in total. The van der Waals surface area contributed by atoms with E-state index in [1.807, 2.05) is 25.8 Å². The molecule has 0 saturated carbocycles. The minimum Gasteiger partial charge on any atom is -0.336 e. The number of nitrogens with zero attached hydrogens (tertiary/aromatic N) is 4. The Labute approximate surface area is 153 Å². The van der Waals surface area contributed by atoms with Gasteiger partial charge in [0.15, 0.2) is 0 Å². The Morgan fingerprint density at radius 1 is 1.38 bits per heavy atom. The molecule has 1 aromatic carbocycles. The van der Waals surface area contributed by atoms with Gasteiger partial charge in [0.2, 0.25) is 5.82 Å². The van der Waals surface area contributed by atoms with Crippen LogP contribution in [0.15, 0.2) is 24.3 Å². The standard InChI is InChI=1S/C19H26FN5O/c1-13(2)18-22-17(23-25(18)16-9-5-4-8-15(16)20)19(26)24-10-6-7-14(12-24)11-21-3/h4-5,8-9,13-14,21H,6-7,10-12H2,1-3H3. The molecular weight excluding hydrogens is 333 g/mol. The van der Waals surface area contributed by atoms with Gasteiger partial charge in [-0.15, -0.1) is 5.10 Å². The second-order valence-corrected chi connectivity index (χ2v) is 7.13. The molecule has 7 heteroatoms. The van der Waals surface area contributed by atoms with Crippen molar-refractivity contribution in [1.29, 1.82) is 0 Å². The predicted molar refractivity (Wildman–Crippen MR) is 98.0 cm³/mol. The van der Waals surface area contributed by atoms with Crippen molar-refractivity contribution in [2.75, 3.05) is 26.7 Å². The smallest absolute Gasteiger partial charge is 0.293 e. The maximum atomic E-state index is 14.2. The molecule has 2 aromatic rings. The van der Waals surface area contributed by atoms with Crippen LogP contribution in [0.5, 0.6) is 0 Å². The number of carbonyl (C=O) groups excluding carboxylic acids is 1. The molecule has 1 saturated heterocycles. The summed E-state index contributed by atoms with van der Waals surface area (Å²) < 4.78 is 15.7. The van der Waals surface area contributed by atoms with E-state index in [4.69, 9.17) is 0 Å². The molecule has 140 valence electrons. The Morgan fingerprint density at radius 3 is 2.85 bits per heavy atom. The average Bonchev–Trinajstić information content (AvgIpc) is 3.07. The molecule has 1 aliphatic rings. The first-order chi connectivity index (χ1) is 12.5. The molecule has 0 aliphatic carbocycles. The van der Waals surface area contributed by atoms with E-state index in [1.165, 1.54) is 10.7 Å². The number of halogens is 1. The van der Waals surface area contributed by atoms with Crippen LogP contribution < -0.4 is 5.32 Å². The Kier molecular flexibility index (Phi) is 5.66. The van der Waals surface area contributed by atoms with Crippen LogP contribution in [0.2, 0.25) is 0 Å². The number of rotatable bonds is 5. The molecule has 6 nitrogen and oxygen atoms in total. The van der Waals surface area contributed by atoms with Crippen molar-refractivity contribution in [3.05, 3.63) is 41.7 Å². The number of amides is 1. The zero-order valence-corrected chi connectivity index (χ0v) is 15.6. The highest BCUT2D eigenvalue weighted by Crippen LogP contribution is 2.22. The Bertz CT molecular complexity index is 771. The van der Waals surface area contributed by atoms with E-state index in [1.54, 1.807) is 18.2 Å².